The van der Waals surface area contributed by atoms with Gasteiger partial charge in [-0.1, -0.05) is 36.4 Å². The molecule has 33 heavy (non-hydrogen) atoms. The molecule has 2 heterocycles. The van der Waals surface area contributed by atoms with Crippen molar-refractivity contribution in [3.05, 3.63) is 84.4 Å². The molecule has 0 bridgehead atoms. The zero-order valence-corrected chi connectivity index (χ0v) is 18.9. The number of carbonyl (C=O) groups is 1. The van der Waals surface area contributed by atoms with E-state index in [9.17, 15) is 4.79 Å². The Labute approximate surface area is 194 Å². The second-order valence-electron chi connectivity index (χ2n) is 8.59. The summed E-state index contributed by atoms with van der Waals surface area (Å²) in [6.45, 7) is 1.56. The summed E-state index contributed by atoms with van der Waals surface area (Å²) in [5, 5.41) is 4.73. The third-order valence-electron chi connectivity index (χ3n) is 6.47. The monoisotopic (exact) mass is 439 g/mol. The summed E-state index contributed by atoms with van der Waals surface area (Å²) >= 11 is 0. The minimum Gasteiger partial charge on any atom is -0.497 e. The van der Waals surface area contributed by atoms with Crippen molar-refractivity contribution in [3.8, 4) is 17.0 Å². The lowest BCUT2D eigenvalue weighted by atomic mass is 10.0. The van der Waals surface area contributed by atoms with E-state index in [-0.39, 0.29) is 5.91 Å². The van der Waals surface area contributed by atoms with Crippen molar-refractivity contribution in [1.29, 1.82) is 0 Å². The number of nitrogens with zero attached hydrogens (tertiary/aromatic N) is 1. The fourth-order valence-corrected chi connectivity index (χ4v) is 4.73. The summed E-state index contributed by atoms with van der Waals surface area (Å²) in [7, 11) is 1.67. The van der Waals surface area contributed by atoms with Crippen molar-refractivity contribution in [2.45, 2.75) is 25.3 Å². The van der Waals surface area contributed by atoms with Gasteiger partial charge in [0.1, 0.15) is 5.75 Å². The molecular formula is C28H29N3O2. The largest absolute Gasteiger partial charge is 0.497 e. The zero-order valence-electron chi connectivity index (χ0n) is 18.9. The molecule has 1 atom stereocenters. The third kappa shape index (κ3) is 4.58. The second-order valence-corrected chi connectivity index (χ2v) is 8.59. The highest BCUT2D eigenvalue weighted by molar-refractivity contribution is 5.91. The first kappa shape index (κ1) is 21.1. The minimum absolute atomic E-state index is 0.221. The normalized spacial score (nSPS) is 15.7. The molecule has 0 radical (unpaired) electrons. The van der Waals surface area contributed by atoms with Crippen LogP contribution in [0.2, 0.25) is 0 Å². The number of likely N-dealkylation sites (tertiary alicyclic amines) is 1. The molecule has 5 rings (SSSR count). The number of H-pyrrole nitrogens is 1. The molecule has 5 heteroatoms. The maximum atomic E-state index is 13.1. The smallest absolute Gasteiger partial charge is 0.222 e. The molecule has 0 saturated carbocycles. The number of carbonyl (C=O) groups excluding carboxylic acids is 1. The highest BCUT2D eigenvalue weighted by atomic mass is 16.5. The minimum atomic E-state index is 0.221. The lowest BCUT2D eigenvalue weighted by Gasteiger charge is -2.18. The standard InChI is InChI=1S/C28H29N3O2/c1-33-23-13-11-20(12-14-23)28-25(24-9-5-6-10-26(24)30-28)15-16-27(32)31-18-17-22(19-31)29-21-7-3-2-4-8-21/h2-14,22,29-30H,15-19H2,1H3. The maximum absolute atomic E-state index is 13.1. The zero-order chi connectivity index (χ0) is 22.6. The van der Waals surface area contributed by atoms with Gasteiger partial charge in [0.15, 0.2) is 0 Å². The van der Waals surface area contributed by atoms with Crippen LogP contribution in [0.4, 0.5) is 5.69 Å². The number of amides is 1. The molecule has 2 N–H and O–H groups in total. The van der Waals surface area contributed by atoms with Crippen molar-refractivity contribution < 1.29 is 9.53 Å². The summed E-state index contributed by atoms with van der Waals surface area (Å²) in [6.07, 6.45) is 2.19. The summed E-state index contributed by atoms with van der Waals surface area (Å²) in [5.41, 5.74) is 5.58. The molecule has 3 aromatic carbocycles. The van der Waals surface area contributed by atoms with E-state index in [1.165, 1.54) is 10.9 Å². The van der Waals surface area contributed by atoms with Crippen molar-refractivity contribution in [3.63, 3.8) is 0 Å². The van der Waals surface area contributed by atoms with Crippen LogP contribution in [-0.2, 0) is 11.2 Å². The summed E-state index contributed by atoms with van der Waals surface area (Å²) < 4.78 is 5.31. The van der Waals surface area contributed by atoms with Gasteiger partial charge >= 0.3 is 0 Å². The quantitative estimate of drug-likeness (QED) is 0.400. The lowest BCUT2D eigenvalue weighted by molar-refractivity contribution is -0.130. The Hall–Kier alpha value is -3.73. The fraction of sp³-hybridized carbons (Fsp3) is 0.250. The van der Waals surface area contributed by atoms with Crippen LogP contribution in [0.1, 0.15) is 18.4 Å². The molecule has 168 valence electrons. The van der Waals surface area contributed by atoms with E-state index in [0.29, 0.717) is 18.9 Å². The van der Waals surface area contributed by atoms with E-state index in [0.717, 1.165) is 47.7 Å². The van der Waals surface area contributed by atoms with Crippen LogP contribution in [0.3, 0.4) is 0 Å². The molecule has 1 aliphatic heterocycles. The van der Waals surface area contributed by atoms with Crippen LogP contribution in [0.15, 0.2) is 78.9 Å². The van der Waals surface area contributed by atoms with Gasteiger partial charge in [-0.25, -0.2) is 0 Å². The van der Waals surface area contributed by atoms with Crippen LogP contribution in [-0.4, -0.2) is 42.0 Å². The van der Waals surface area contributed by atoms with E-state index in [2.05, 4.69) is 52.8 Å². The topological polar surface area (TPSA) is 57.4 Å². The van der Waals surface area contributed by atoms with Gasteiger partial charge in [0, 0.05) is 47.8 Å². The van der Waals surface area contributed by atoms with Gasteiger partial charge in [-0.2, -0.15) is 0 Å². The molecule has 1 fully saturated rings. The molecule has 1 aromatic heterocycles. The highest BCUT2D eigenvalue weighted by Crippen LogP contribution is 2.32. The predicted octanol–water partition coefficient (Wildman–Crippen LogP) is 5.49. The Balaban J connectivity index is 1.29. The van der Waals surface area contributed by atoms with Gasteiger partial charge in [-0.3, -0.25) is 4.79 Å². The van der Waals surface area contributed by atoms with Gasteiger partial charge in [-0.15, -0.1) is 0 Å². The summed E-state index contributed by atoms with van der Waals surface area (Å²) in [5.74, 6) is 1.05. The van der Waals surface area contributed by atoms with E-state index < -0.39 is 0 Å². The van der Waals surface area contributed by atoms with Crippen LogP contribution >= 0.6 is 0 Å². The molecule has 0 aliphatic carbocycles. The molecule has 4 aromatic rings. The fourth-order valence-electron chi connectivity index (χ4n) is 4.73. The Morgan fingerprint density at radius 2 is 1.79 bits per heavy atom. The lowest BCUT2D eigenvalue weighted by Crippen LogP contribution is -2.31. The van der Waals surface area contributed by atoms with Crippen molar-refractivity contribution in [1.82, 2.24) is 9.88 Å². The van der Waals surface area contributed by atoms with E-state index >= 15 is 0 Å². The third-order valence-corrected chi connectivity index (χ3v) is 6.47. The number of nitrogens with one attached hydrogen (secondary N) is 2. The van der Waals surface area contributed by atoms with Crippen LogP contribution < -0.4 is 10.1 Å². The van der Waals surface area contributed by atoms with Gasteiger partial charge in [0.05, 0.1) is 7.11 Å². The van der Waals surface area contributed by atoms with Crippen molar-refractivity contribution in [2.24, 2.45) is 0 Å². The Morgan fingerprint density at radius 3 is 2.58 bits per heavy atom. The van der Waals surface area contributed by atoms with Gasteiger partial charge in [0.25, 0.3) is 0 Å². The predicted molar refractivity (Wildman–Crippen MR) is 134 cm³/mol. The number of hydrogen-bond donors (Lipinski definition) is 2. The van der Waals surface area contributed by atoms with Gasteiger partial charge in [0.2, 0.25) is 5.91 Å². The second kappa shape index (κ2) is 9.41. The molecule has 5 nitrogen and oxygen atoms in total. The Kier molecular flexibility index (Phi) is 6.03. The van der Waals surface area contributed by atoms with E-state index in [1.54, 1.807) is 7.11 Å². The summed E-state index contributed by atoms with van der Waals surface area (Å²) in [4.78, 5) is 18.6. The number of ether oxygens (including phenoxy) is 1. The molecule has 0 spiro atoms. The number of rotatable bonds is 7. The Morgan fingerprint density at radius 1 is 1.03 bits per heavy atom. The number of hydrogen-bond acceptors (Lipinski definition) is 3. The first-order chi connectivity index (χ1) is 16.2. The van der Waals surface area contributed by atoms with Gasteiger partial charge in [-0.05, 0) is 66.4 Å². The number of aromatic amines is 1. The average Bonchev–Trinajstić information content (AvgIpc) is 3.48. The number of methoxy groups -OCH3 is 1. The number of anilines is 1. The van der Waals surface area contributed by atoms with Crippen molar-refractivity contribution >= 4 is 22.5 Å². The maximum Gasteiger partial charge on any atom is 0.222 e. The molecule has 1 amide bonds. The van der Waals surface area contributed by atoms with Crippen LogP contribution in [0.25, 0.3) is 22.2 Å². The molecule has 1 saturated heterocycles. The molecule has 1 unspecified atom stereocenters. The highest BCUT2D eigenvalue weighted by Gasteiger charge is 2.26. The number of aromatic nitrogens is 1. The SMILES string of the molecule is COc1ccc(-c2[nH]c3ccccc3c2CCC(=O)N2CCC(Nc3ccccc3)C2)cc1. The number of benzene rings is 3. The van der Waals surface area contributed by atoms with E-state index in [4.69, 9.17) is 4.74 Å². The molecule has 1 aliphatic rings. The average molecular weight is 440 g/mol. The number of aryl methyl sites for hydroxylation is 1. The summed E-state index contributed by atoms with van der Waals surface area (Å²) in [6, 6.07) is 26.9. The Bertz CT molecular complexity index is 1230. The van der Waals surface area contributed by atoms with E-state index in [1.807, 2.05) is 41.3 Å². The van der Waals surface area contributed by atoms with Crippen LogP contribution in [0.5, 0.6) is 5.75 Å². The van der Waals surface area contributed by atoms with Crippen LogP contribution in [0, 0.1) is 0 Å². The van der Waals surface area contributed by atoms with Gasteiger partial charge < -0.3 is 19.9 Å². The number of para-hydroxylation sites is 2. The molecular weight excluding hydrogens is 410 g/mol. The number of fused-ring (bicyclic) bond motifs is 1. The first-order valence-electron chi connectivity index (χ1n) is 11.5. The van der Waals surface area contributed by atoms with Crippen molar-refractivity contribution in [2.75, 3.05) is 25.5 Å². The first-order valence-corrected chi connectivity index (χ1v) is 11.5.